The number of nitrogens with one attached hydrogen (secondary N) is 1. The summed E-state index contributed by atoms with van der Waals surface area (Å²) in [5.41, 5.74) is 3.45. The Morgan fingerprint density at radius 3 is 2.26 bits per heavy atom. The molecule has 6 heteroatoms. The van der Waals surface area contributed by atoms with Crippen LogP contribution in [0.4, 0.5) is 5.69 Å². The molecule has 1 heterocycles. The number of hydrogen-bond acceptors (Lipinski definition) is 4. The molecule has 1 N–H and O–H groups in total. The average Bonchev–Trinajstić information content (AvgIpc) is 3.40. The largest absolute Gasteiger partial charge is 0.497 e. The molecule has 178 valence electrons. The van der Waals surface area contributed by atoms with Crippen LogP contribution in [0.2, 0.25) is 0 Å². The molecule has 3 aromatic carbocycles. The zero-order chi connectivity index (χ0) is 24.6. The number of benzene rings is 3. The highest BCUT2D eigenvalue weighted by molar-refractivity contribution is 7.10. The Balaban J connectivity index is 1.73. The minimum Gasteiger partial charge on any atom is -0.497 e. The molecule has 0 aliphatic carbocycles. The third-order valence-electron chi connectivity index (χ3n) is 5.73. The van der Waals surface area contributed by atoms with E-state index in [2.05, 4.69) is 5.32 Å². The summed E-state index contributed by atoms with van der Waals surface area (Å²) in [6, 6.07) is 27.8. The van der Waals surface area contributed by atoms with E-state index in [1.807, 2.05) is 91.2 Å². The third-order valence-corrected chi connectivity index (χ3v) is 6.61. The van der Waals surface area contributed by atoms with Crippen LogP contribution in [0.3, 0.4) is 0 Å². The summed E-state index contributed by atoms with van der Waals surface area (Å²) in [5, 5.41) is 4.99. The molecule has 1 atom stereocenters. The van der Waals surface area contributed by atoms with Crippen LogP contribution in [-0.2, 0) is 22.6 Å². The van der Waals surface area contributed by atoms with E-state index in [1.165, 1.54) is 11.3 Å². The lowest BCUT2D eigenvalue weighted by Crippen LogP contribution is -2.44. The molecular weight excluding hydrogens is 456 g/mol. The first kappa shape index (κ1) is 24.2. The molecule has 0 radical (unpaired) electrons. The lowest BCUT2D eigenvalue weighted by molar-refractivity contribution is -0.126. The normalized spacial score (nSPS) is 11.5. The molecule has 5 nitrogen and oxygen atoms in total. The Morgan fingerprint density at radius 2 is 1.63 bits per heavy atom. The zero-order valence-corrected chi connectivity index (χ0v) is 20.6. The van der Waals surface area contributed by atoms with E-state index in [9.17, 15) is 9.59 Å². The second-order valence-corrected chi connectivity index (χ2v) is 9.27. The minimum absolute atomic E-state index is 0.155. The fraction of sp³-hybridized carbons (Fsp3) is 0.172. The number of ether oxygens (including phenoxy) is 1. The van der Waals surface area contributed by atoms with E-state index < -0.39 is 6.04 Å². The predicted octanol–water partition coefficient (Wildman–Crippen LogP) is 5.70. The van der Waals surface area contributed by atoms with E-state index in [-0.39, 0.29) is 18.2 Å². The van der Waals surface area contributed by atoms with Crippen LogP contribution in [0, 0.1) is 6.92 Å². The molecule has 1 unspecified atom stereocenters. The van der Waals surface area contributed by atoms with Crippen LogP contribution in [0.15, 0.2) is 96.4 Å². The number of hydrogen-bond donors (Lipinski definition) is 1. The first-order valence-corrected chi connectivity index (χ1v) is 12.3. The van der Waals surface area contributed by atoms with Gasteiger partial charge in [-0.2, -0.15) is 0 Å². The molecular formula is C29H28N2O3S. The lowest BCUT2D eigenvalue weighted by Gasteiger charge is -2.32. The molecule has 0 aliphatic rings. The predicted molar refractivity (Wildman–Crippen MR) is 141 cm³/mol. The van der Waals surface area contributed by atoms with Crippen molar-refractivity contribution in [2.75, 3.05) is 12.0 Å². The van der Waals surface area contributed by atoms with Crippen molar-refractivity contribution in [3.63, 3.8) is 0 Å². The Kier molecular flexibility index (Phi) is 7.95. The average molecular weight is 485 g/mol. The molecule has 0 saturated carbocycles. The molecule has 0 spiro atoms. The van der Waals surface area contributed by atoms with E-state index in [1.54, 1.807) is 24.1 Å². The van der Waals surface area contributed by atoms with Gasteiger partial charge in [-0.25, -0.2) is 0 Å². The first-order chi connectivity index (χ1) is 17.0. The van der Waals surface area contributed by atoms with Crippen molar-refractivity contribution in [3.05, 3.63) is 118 Å². The first-order valence-electron chi connectivity index (χ1n) is 11.4. The molecule has 0 bridgehead atoms. The number of carbonyl (C=O) groups excluding carboxylic acids is 2. The number of methoxy groups -OCH3 is 1. The Morgan fingerprint density at radius 1 is 0.914 bits per heavy atom. The van der Waals surface area contributed by atoms with E-state index >= 15 is 0 Å². The Bertz CT molecular complexity index is 1240. The smallest absolute Gasteiger partial charge is 0.248 e. The van der Waals surface area contributed by atoms with Crippen molar-refractivity contribution in [2.45, 2.75) is 25.9 Å². The van der Waals surface area contributed by atoms with Crippen LogP contribution in [-0.4, -0.2) is 18.9 Å². The summed E-state index contributed by atoms with van der Waals surface area (Å²) in [6.45, 7) is 2.37. The van der Waals surface area contributed by atoms with Gasteiger partial charge < -0.3 is 10.1 Å². The number of thiophene rings is 1. The van der Waals surface area contributed by atoms with Crippen molar-refractivity contribution in [1.82, 2.24) is 5.32 Å². The maximum atomic E-state index is 13.7. The molecule has 4 aromatic rings. The molecule has 1 aromatic heterocycles. The summed E-state index contributed by atoms with van der Waals surface area (Å²) in [7, 11) is 1.60. The van der Waals surface area contributed by atoms with Crippen LogP contribution < -0.4 is 15.0 Å². The maximum Gasteiger partial charge on any atom is 0.248 e. The van der Waals surface area contributed by atoms with Crippen molar-refractivity contribution in [3.8, 4) is 5.75 Å². The Labute approximate surface area is 210 Å². The number of anilines is 1. The molecule has 4 rings (SSSR count). The zero-order valence-electron chi connectivity index (χ0n) is 19.8. The monoisotopic (exact) mass is 484 g/mol. The third kappa shape index (κ3) is 6.16. The van der Waals surface area contributed by atoms with Crippen molar-refractivity contribution in [2.24, 2.45) is 0 Å². The SMILES string of the molecule is COc1ccc(N(C(=O)Cc2cccs2)C(C(=O)NCc2ccccc2)c2ccc(C)cc2)cc1. The Hall–Kier alpha value is -3.90. The molecule has 35 heavy (non-hydrogen) atoms. The van der Waals surface area contributed by atoms with Gasteiger partial charge in [-0.3, -0.25) is 14.5 Å². The number of rotatable bonds is 9. The van der Waals surface area contributed by atoms with Gasteiger partial charge in [0.2, 0.25) is 11.8 Å². The van der Waals surface area contributed by atoms with E-state index in [4.69, 9.17) is 4.74 Å². The highest BCUT2D eigenvalue weighted by Gasteiger charge is 2.33. The summed E-state index contributed by atoms with van der Waals surface area (Å²) in [5.74, 6) is 0.283. The molecule has 0 aliphatic heterocycles. The van der Waals surface area contributed by atoms with Crippen molar-refractivity contribution < 1.29 is 14.3 Å². The second-order valence-electron chi connectivity index (χ2n) is 8.23. The van der Waals surface area contributed by atoms with Crippen LogP contribution in [0.1, 0.15) is 27.6 Å². The van der Waals surface area contributed by atoms with Crippen LogP contribution in [0.25, 0.3) is 0 Å². The molecule has 0 fully saturated rings. The second kappa shape index (κ2) is 11.5. The minimum atomic E-state index is -0.833. The highest BCUT2D eigenvalue weighted by Crippen LogP contribution is 2.31. The van der Waals surface area contributed by atoms with Gasteiger partial charge in [0.05, 0.1) is 13.5 Å². The summed E-state index contributed by atoms with van der Waals surface area (Å²) < 4.78 is 5.31. The van der Waals surface area contributed by atoms with Gasteiger partial charge in [-0.15, -0.1) is 11.3 Å². The summed E-state index contributed by atoms with van der Waals surface area (Å²) in [6.07, 6.45) is 0.206. The summed E-state index contributed by atoms with van der Waals surface area (Å²) in [4.78, 5) is 30.0. The van der Waals surface area contributed by atoms with Gasteiger partial charge in [-0.1, -0.05) is 66.2 Å². The van der Waals surface area contributed by atoms with Gasteiger partial charge in [0.25, 0.3) is 0 Å². The van der Waals surface area contributed by atoms with E-state index in [0.717, 1.165) is 21.6 Å². The number of carbonyl (C=O) groups is 2. The van der Waals surface area contributed by atoms with Gasteiger partial charge >= 0.3 is 0 Å². The van der Waals surface area contributed by atoms with Gasteiger partial charge in [0.15, 0.2) is 0 Å². The standard InChI is InChI=1S/C29H28N2O3S/c1-21-10-12-23(13-11-21)28(29(33)30-20-22-7-4-3-5-8-22)31(24-14-16-25(34-2)17-15-24)27(32)19-26-9-6-18-35-26/h3-18,28H,19-20H2,1-2H3,(H,30,33). The number of nitrogens with zero attached hydrogens (tertiary/aromatic N) is 1. The van der Waals surface area contributed by atoms with Gasteiger partial charge in [0.1, 0.15) is 11.8 Å². The van der Waals surface area contributed by atoms with Crippen molar-refractivity contribution in [1.29, 1.82) is 0 Å². The topological polar surface area (TPSA) is 58.6 Å². The fourth-order valence-electron chi connectivity index (χ4n) is 3.88. The summed E-state index contributed by atoms with van der Waals surface area (Å²) >= 11 is 1.53. The van der Waals surface area contributed by atoms with Gasteiger partial charge in [-0.05, 0) is 53.8 Å². The quantitative estimate of drug-likeness (QED) is 0.332. The van der Waals surface area contributed by atoms with Crippen molar-refractivity contribution >= 4 is 28.8 Å². The highest BCUT2D eigenvalue weighted by atomic mass is 32.1. The van der Waals surface area contributed by atoms with Crippen LogP contribution >= 0.6 is 11.3 Å². The fourth-order valence-corrected chi connectivity index (χ4v) is 4.57. The molecule has 0 saturated heterocycles. The molecule has 2 amide bonds. The lowest BCUT2D eigenvalue weighted by atomic mass is 10.0. The maximum absolute atomic E-state index is 13.7. The number of aryl methyl sites for hydroxylation is 1. The van der Waals surface area contributed by atoms with Crippen LogP contribution in [0.5, 0.6) is 5.75 Å². The van der Waals surface area contributed by atoms with E-state index in [0.29, 0.717) is 18.0 Å². The van der Waals surface area contributed by atoms with Gasteiger partial charge in [0, 0.05) is 17.1 Å². The number of amides is 2.